The predicted octanol–water partition coefficient (Wildman–Crippen LogP) is 6.23. The second-order valence-electron chi connectivity index (χ2n) is 12.0. The van der Waals surface area contributed by atoms with Gasteiger partial charge in [-0.25, -0.2) is 9.97 Å². The van der Waals surface area contributed by atoms with Crippen molar-refractivity contribution in [2.45, 2.75) is 84.1 Å². The molecule has 2 N–H and O–H groups in total. The molecular weight excluding hydrogens is 514 g/mol. The van der Waals surface area contributed by atoms with Gasteiger partial charge in [0.1, 0.15) is 11.6 Å². The molecule has 1 amide bonds. The summed E-state index contributed by atoms with van der Waals surface area (Å²) in [6.07, 6.45) is 11.0. The number of rotatable bonds is 13. The van der Waals surface area contributed by atoms with Gasteiger partial charge in [-0.05, 0) is 75.7 Å². The van der Waals surface area contributed by atoms with Crippen LogP contribution >= 0.6 is 0 Å². The van der Waals surface area contributed by atoms with E-state index in [2.05, 4.69) is 33.2 Å². The van der Waals surface area contributed by atoms with E-state index in [1.165, 1.54) is 12.8 Å². The molecule has 41 heavy (non-hydrogen) atoms. The molecule has 0 bridgehead atoms. The molecule has 5 rings (SSSR count). The highest BCUT2D eigenvalue weighted by atomic mass is 16.5. The van der Waals surface area contributed by atoms with Crippen LogP contribution in [0.2, 0.25) is 0 Å². The van der Waals surface area contributed by atoms with Gasteiger partial charge in [-0.2, -0.15) is 0 Å². The summed E-state index contributed by atoms with van der Waals surface area (Å²) in [6, 6.07) is 9.82. The number of nitrogens with zero attached hydrogens (tertiary/aromatic N) is 3. The number of imidazole rings is 1. The summed E-state index contributed by atoms with van der Waals surface area (Å²) < 4.78 is 5.63. The summed E-state index contributed by atoms with van der Waals surface area (Å²) in [6.45, 7) is 7.55. The highest BCUT2D eigenvalue weighted by Crippen LogP contribution is 2.52. The number of hydrogen-bond acceptors (Lipinski definition) is 6. The van der Waals surface area contributed by atoms with Crippen LogP contribution in [0.1, 0.15) is 89.9 Å². The third-order valence-electron chi connectivity index (χ3n) is 9.35. The molecule has 0 unspecified atom stereocenters. The first-order chi connectivity index (χ1) is 19.9. The van der Waals surface area contributed by atoms with E-state index in [0.717, 1.165) is 86.1 Å². The Balaban J connectivity index is 1.28. The van der Waals surface area contributed by atoms with Crippen LogP contribution in [0.15, 0.2) is 36.5 Å². The normalized spacial score (nSPS) is 17.8. The maximum atomic E-state index is 13.5. The van der Waals surface area contributed by atoms with Crippen LogP contribution in [0.25, 0.3) is 22.2 Å². The van der Waals surface area contributed by atoms with Gasteiger partial charge in [0.2, 0.25) is 11.8 Å². The number of Topliss-reactive ketones (excluding diaryl/α,β-unsaturated/α-hetero) is 1. The topological polar surface area (TPSA) is 100 Å². The van der Waals surface area contributed by atoms with Crippen LogP contribution in [0.5, 0.6) is 5.88 Å². The third-order valence-corrected chi connectivity index (χ3v) is 9.35. The molecule has 1 aromatic carbocycles. The van der Waals surface area contributed by atoms with E-state index in [1.54, 1.807) is 7.11 Å². The molecule has 1 aliphatic heterocycles. The Labute approximate surface area is 243 Å². The number of para-hydroxylation sites is 1. The van der Waals surface area contributed by atoms with Crippen molar-refractivity contribution in [3.8, 4) is 17.1 Å². The van der Waals surface area contributed by atoms with Crippen molar-refractivity contribution in [2.75, 3.05) is 26.7 Å². The van der Waals surface area contributed by atoms with Gasteiger partial charge in [-0.15, -0.1) is 0 Å². The number of carbonyl (C=O) groups is 2. The quantitative estimate of drug-likeness (QED) is 0.241. The first-order valence-electron chi connectivity index (χ1n) is 15.5. The molecule has 0 radical (unpaired) electrons. The monoisotopic (exact) mass is 559 g/mol. The maximum absolute atomic E-state index is 13.5. The van der Waals surface area contributed by atoms with Crippen molar-refractivity contribution < 1.29 is 14.3 Å². The molecule has 1 atom stereocenters. The van der Waals surface area contributed by atoms with Crippen LogP contribution in [-0.4, -0.2) is 58.3 Å². The fourth-order valence-electron chi connectivity index (χ4n) is 6.61. The van der Waals surface area contributed by atoms with Crippen LogP contribution in [0, 0.1) is 11.3 Å². The van der Waals surface area contributed by atoms with E-state index < -0.39 is 0 Å². The minimum Gasteiger partial charge on any atom is -0.480 e. The van der Waals surface area contributed by atoms with Crippen LogP contribution in [0.3, 0.4) is 0 Å². The van der Waals surface area contributed by atoms with E-state index >= 15 is 0 Å². The number of nitrogens with one attached hydrogen (secondary N) is 2. The van der Waals surface area contributed by atoms with Gasteiger partial charge >= 0.3 is 0 Å². The molecule has 1 saturated carbocycles. The van der Waals surface area contributed by atoms with Gasteiger partial charge < -0.3 is 19.9 Å². The van der Waals surface area contributed by atoms with Crippen molar-refractivity contribution in [3.05, 3.63) is 42.4 Å². The molecule has 2 fully saturated rings. The van der Waals surface area contributed by atoms with Gasteiger partial charge in [0.15, 0.2) is 0 Å². The molecule has 1 saturated heterocycles. The number of aromatic amines is 1. The number of pyridine rings is 1. The van der Waals surface area contributed by atoms with Crippen LogP contribution in [0.4, 0.5) is 0 Å². The van der Waals surface area contributed by atoms with Crippen molar-refractivity contribution in [2.24, 2.45) is 11.3 Å². The van der Waals surface area contributed by atoms with Crippen LogP contribution in [-0.2, 0) is 9.59 Å². The molecule has 3 aromatic rings. The van der Waals surface area contributed by atoms with E-state index in [1.807, 2.05) is 37.4 Å². The Morgan fingerprint density at radius 1 is 1.15 bits per heavy atom. The number of methoxy groups -OCH3 is 1. The van der Waals surface area contributed by atoms with E-state index in [9.17, 15) is 9.59 Å². The lowest BCUT2D eigenvalue weighted by molar-refractivity contribution is -0.135. The lowest BCUT2D eigenvalue weighted by atomic mass is 9.57. The predicted molar refractivity (Wildman–Crippen MR) is 162 cm³/mol. The number of aromatic nitrogens is 3. The summed E-state index contributed by atoms with van der Waals surface area (Å²) in [7, 11) is 1.63. The Morgan fingerprint density at radius 2 is 1.93 bits per heavy atom. The number of likely N-dealkylation sites (tertiary alicyclic amines) is 1. The van der Waals surface area contributed by atoms with Crippen molar-refractivity contribution in [1.29, 1.82) is 0 Å². The minimum absolute atomic E-state index is 0.0760. The number of unbranched alkanes of at least 4 members (excludes halogenated alkanes) is 2. The number of amides is 1. The summed E-state index contributed by atoms with van der Waals surface area (Å²) in [5.74, 6) is 1.81. The largest absolute Gasteiger partial charge is 0.480 e. The minimum atomic E-state index is -0.212. The number of carbonyl (C=O) groups excluding carboxylic acids is 2. The standard InChI is InChI=1S/C33H45N5O3/c1-4-25(39)12-7-6-8-14-28(36-31(40)24-20-33(21-24)15-17-38(5-2)18-16-33)30-34-22-29(35-30)26-19-23-11-9-10-13-27(23)37-32(26)41-3/h9-11,13,19,22,24,28H,4-8,12,14-18,20-21H2,1-3H3,(H,34,35)(H,36,40)/t28-/m0/s1. The summed E-state index contributed by atoms with van der Waals surface area (Å²) >= 11 is 0. The number of benzene rings is 1. The molecule has 3 heterocycles. The Bertz CT molecular complexity index is 1340. The molecule has 220 valence electrons. The number of ether oxygens (including phenoxy) is 1. The molecule has 2 aliphatic rings. The Hall–Kier alpha value is -3.26. The highest BCUT2D eigenvalue weighted by molar-refractivity contribution is 5.85. The van der Waals surface area contributed by atoms with Gasteiger partial charge in [0.25, 0.3) is 0 Å². The third kappa shape index (κ3) is 6.80. The Morgan fingerprint density at radius 3 is 2.66 bits per heavy atom. The molecular formula is C33H45N5O3. The van der Waals surface area contributed by atoms with E-state index in [0.29, 0.717) is 29.9 Å². The van der Waals surface area contributed by atoms with E-state index in [4.69, 9.17) is 9.72 Å². The molecule has 8 nitrogen and oxygen atoms in total. The first kappa shape index (κ1) is 29.2. The zero-order valence-electron chi connectivity index (χ0n) is 24.9. The SMILES string of the molecule is CCC(=O)CCCCC[C@H](NC(=O)C1CC2(CCN(CC)CC2)C1)c1ncc(-c2cc3ccccc3nc2OC)[nH]1. The van der Waals surface area contributed by atoms with Gasteiger partial charge in [0.05, 0.1) is 36.1 Å². The average Bonchev–Trinajstić information content (AvgIpc) is 3.48. The van der Waals surface area contributed by atoms with E-state index in [-0.39, 0.29) is 17.9 Å². The summed E-state index contributed by atoms with van der Waals surface area (Å²) in [5, 5.41) is 4.38. The van der Waals surface area contributed by atoms with Gasteiger partial charge in [-0.3, -0.25) is 9.59 Å². The van der Waals surface area contributed by atoms with Gasteiger partial charge in [-0.1, -0.05) is 44.9 Å². The van der Waals surface area contributed by atoms with Gasteiger partial charge in [0, 0.05) is 24.1 Å². The molecule has 1 spiro atoms. The zero-order valence-corrected chi connectivity index (χ0v) is 24.9. The number of piperidine rings is 1. The number of fused-ring (bicyclic) bond motifs is 1. The Kier molecular flexibility index (Phi) is 9.38. The first-order valence-corrected chi connectivity index (χ1v) is 15.5. The molecule has 1 aliphatic carbocycles. The highest BCUT2D eigenvalue weighted by Gasteiger charge is 2.48. The lowest BCUT2D eigenvalue weighted by Gasteiger charge is -2.51. The van der Waals surface area contributed by atoms with Crippen molar-refractivity contribution >= 4 is 22.6 Å². The number of H-pyrrole nitrogens is 1. The van der Waals surface area contributed by atoms with Crippen LogP contribution < -0.4 is 10.1 Å². The molecule has 2 aromatic heterocycles. The fraction of sp³-hybridized carbons (Fsp3) is 0.576. The van der Waals surface area contributed by atoms with Crippen molar-refractivity contribution in [3.63, 3.8) is 0 Å². The summed E-state index contributed by atoms with van der Waals surface area (Å²) in [4.78, 5) is 40.6. The molecule has 8 heteroatoms. The number of hydrogen-bond donors (Lipinski definition) is 2. The second-order valence-corrected chi connectivity index (χ2v) is 12.0. The maximum Gasteiger partial charge on any atom is 0.223 e. The van der Waals surface area contributed by atoms with Crippen molar-refractivity contribution in [1.82, 2.24) is 25.2 Å². The average molecular weight is 560 g/mol. The lowest BCUT2D eigenvalue weighted by Crippen LogP contribution is -2.51. The summed E-state index contributed by atoms with van der Waals surface area (Å²) in [5.41, 5.74) is 2.88. The second kappa shape index (κ2) is 13.1. The number of ketones is 1. The fourth-order valence-corrected chi connectivity index (χ4v) is 6.61. The smallest absolute Gasteiger partial charge is 0.223 e. The zero-order chi connectivity index (χ0) is 28.8.